The molecule has 0 aliphatic rings. The van der Waals surface area contributed by atoms with E-state index in [9.17, 15) is 5.11 Å². The molecule has 0 aliphatic carbocycles. The molecule has 0 atom stereocenters. The smallest absolute Gasteiger partial charge is 0.850 e. The Bertz CT molecular complexity index is 51.6. The maximum absolute atomic E-state index is 10.1. The number of hydrogen-bond acceptors (Lipinski definition) is 2. The van der Waals surface area contributed by atoms with Crippen LogP contribution in [0.2, 0.25) is 0 Å². The summed E-state index contributed by atoms with van der Waals surface area (Å²) < 4.78 is 0. The predicted octanol–water partition coefficient (Wildman–Crippen LogP) is -2.07. The average Bonchev–Trinajstić information content (AvgIpc) is 1.63. The van der Waals surface area contributed by atoms with E-state index in [1.165, 1.54) is 0 Å². The molecule has 64 valence electrons. The fourth-order valence-corrected chi connectivity index (χ4v) is 0.158. The molecule has 0 saturated heterocycles. The molecule has 0 fully saturated rings. The van der Waals surface area contributed by atoms with Crippen LogP contribution in [0.25, 0.3) is 0 Å². The molecular formula is C8H19NaO2. The van der Waals surface area contributed by atoms with E-state index in [1.807, 2.05) is 0 Å². The van der Waals surface area contributed by atoms with Crippen LogP contribution in [0.5, 0.6) is 0 Å². The number of hydrogen-bond donors (Lipinski definition) is 1. The predicted molar refractivity (Wildman–Crippen MR) is 41.7 cm³/mol. The van der Waals surface area contributed by atoms with Crippen molar-refractivity contribution in [2.75, 3.05) is 6.61 Å². The van der Waals surface area contributed by atoms with Crippen LogP contribution in [-0.4, -0.2) is 17.3 Å². The van der Waals surface area contributed by atoms with Gasteiger partial charge in [-0.05, 0) is 6.42 Å². The SMILES string of the molecule is CC(C)(C)[O-].CCCCO.[Na+]. The molecule has 0 saturated carbocycles. The molecule has 0 unspecified atom stereocenters. The largest absolute Gasteiger partial charge is 1.00 e. The fourth-order valence-electron chi connectivity index (χ4n) is 0.158. The van der Waals surface area contributed by atoms with Crippen molar-refractivity contribution in [1.29, 1.82) is 0 Å². The molecule has 0 aromatic carbocycles. The summed E-state index contributed by atoms with van der Waals surface area (Å²) in [6, 6.07) is 0. The van der Waals surface area contributed by atoms with Gasteiger partial charge in [-0.15, -0.1) is 5.60 Å². The van der Waals surface area contributed by atoms with Crippen LogP contribution in [0.4, 0.5) is 0 Å². The first-order valence-electron chi connectivity index (χ1n) is 3.73. The Kier molecular flexibility index (Phi) is 17.7. The van der Waals surface area contributed by atoms with Crippen LogP contribution >= 0.6 is 0 Å². The van der Waals surface area contributed by atoms with Crippen molar-refractivity contribution in [1.82, 2.24) is 0 Å². The maximum atomic E-state index is 10.1. The zero-order valence-electron chi connectivity index (χ0n) is 8.48. The summed E-state index contributed by atoms with van der Waals surface area (Å²) in [5.41, 5.74) is -0.750. The van der Waals surface area contributed by atoms with Gasteiger partial charge in [0.15, 0.2) is 0 Å². The van der Waals surface area contributed by atoms with Gasteiger partial charge in [-0.1, -0.05) is 34.1 Å². The van der Waals surface area contributed by atoms with E-state index in [4.69, 9.17) is 5.11 Å². The van der Waals surface area contributed by atoms with E-state index in [0.29, 0.717) is 6.61 Å². The quantitative estimate of drug-likeness (QED) is 0.484. The minimum Gasteiger partial charge on any atom is -0.850 e. The zero-order valence-corrected chi connectivity index (χ0v) is 10.5. The van der Waals surface area contributed by atoms with Crippen molar-refractivity contribution < 1.29 is 39.8 Å². The van der Waals surface area contributed by atoms with Gasteiger partial charge in [0.1, 0.15) is 0 Å². The summed E-state index contributed by atoms with van der Waals surface area (Å²) in [4.78, 5) is 0. The van der Waals surface area contributed by atoms with Crippen LogP contribution in [0.15, 0.2) is 0 Å². The van der Waals surface area contributed by atoms with Gasteiger partial charge in [-0.25, -0.2) is 0 Å². The summed E-state index contributed by atoms with van der Waals surface area (Å²) in [7, 11) is 0. The van der Waals surface area contributed by atoms with Gasteiger partial charge in [0.05, 0.1) is 0 Å². The van der Waals surface area contributed by atoms with Crippen LogP contribution < -0.4 is 34.7 Å². The summed E-state index contributed by atoms with van der Waals surface area (Å²) in [5.74, 6) is 0. The third-order valence-corrected chi connectivity index (χ3v) is 0.512. The van der Waals surface area contributed by atoms with Crippen LogP contribution in [0.3, 0.4) is 0 Å². The Hall–Kier alpha value is 0.920. The number of aliphatic hydroxyl groups excluding tert-OH is 1. The Morgan fingerprint density at radius 1 is 1.27 bits per heavy atom. The standard InChI is InChI=1S/C4H9O.C4H10O.Na/c1-4(2,3)5;1-2-3-4-5;/h1-3H3;5H,2-4H2,1H3;/q-1;;+1. The summed E-state index contributed by atoms with van der Waals surface area (Å²) in [5, 5.41) is 18.2. The third kappa shape index (κ3) is 102. The molecule has 0 radical (unpaired) electrons. The summed E-state index contributed by atoms with van der Waals surface area (Å²) in [6.45, 7) is 7.29. The molecule has 0 bridgehead atoms. The molecular weight excluding hydrogens is 151 g/mol. The van der Waals surface area contributed by atoms with Gasteiger partial charge in [0, 0.05) is 6.61 Å². The van der Waals surface area contributed by atoms with E-state index in [1.54, 1.807) is 20.8 Å². The van der Waals surface area contributed by atoms with E-state index in [2.05, 4.69) is 6.92 Å². The average molecular weight is 170 g/mol. The molecule has 0 aromatic heterocycles. The van der Waals surface area contributed by atoms with Crippen LogP contribution in [0, 0.1) is 0 Å². The Morgan fingerprint density at radius 3 is 1.55 bits per heavy atom. The molecule has 2 nitrogen and oxygen atoms in total. The molecule has 11 heavy (non-hydrogen) atoms. The molecule has 0 rings (SSSR count). The monoisotopic (exact) mass is 170 g/mol. The second-order valence-electron chi connectivity index (χ2n) is 3.19. The third-order valence-electron chi connectivity index (χ3n) is 0.512. The van der Waals surface area contributed by atoms with E-state index in [-0.39, 0.29) is 29.6 Å². The number of unbranched alkanes of at least 4 members (excludes halogenated alkanes) is 1. The van der Waals surface area contributed by atoms with Crippen LogP contribution in [0.1, 0.15) is 40.5 Å². The normalized spacial score (nSPS) is 9.27. The van der Waals surface area contributed by atoms with Crippen molar-refractivity contribution in [3.05, 3.63) is 0 Å². The first kappa shape index (κ1) is 17.9. The second kappa shape index (κ2) is 10.9. The first-order valence-corrected chi connectivity index (χ1v) is 3.73. The van der Waals surface area contributed by atoms with Crippen molar-refractivity contribution in [3.63, 3.8) is 0 Å². The van der Waals surface area contributed by atoms with Gasteiger partial charge in [0.2, 0.25) is 0 Å². The van der Waals surface area contributed by atoms with E-state index >= 15 is 0 Å². The molecule has 0 aromatic rings. The number of rotatable bonds is 2. The second-order valence-corrected chi connectivity index (χ2v) is 3.19. The van der Waals surface area contributed by atoms with Crippen molar-refractivity contribution in [2.45, 2.75) is 46.1 Å². The molecule has 0 spiro atoms. The minimum absolute atomic E-state index is 0. The van der Waals surface area contributed by atoms with Crippen molar-refractivity contribution >= 4 is 0 Å². The number of aliphatic hydroxyl groups is 1. The van der Waals surface area contributed by atoms with Gasteiger partial charge in [-0.3, -0.25) is 0 Å². The van der Waals surface area contributed by atoms with Gasteiger partial charge in [-0.2, -0.15) is 0 Å². The maximum Gasteiger partial charge on any atom is 1.00 e. The van der Waals surface area contributed by atoms with E-state index < -0.39 is 5.60 Å². The molecule has 0 amide bonds. The Labute approximate surface area is 92.3 Å². The molecule has 0 heterocycles. The molecule has 3 heteroatoms. The fraction of sp³-hybridized carbons (Fsp3) is 1.00. The minimum atomic E-state index is -0.750. The molecule has 1 N–H and O–H groups in total. The van der Waals surface area contributed by atoms with Crippen molar-refractivity contribution in [2.24, 2.45) is 0 Å². The van der Waals surface area contributed by atoms with Gasteiger partial charge >= 0.3 is 29.6 Å². The first-order chi connectivity index (χ1) is 4.41. The summed E-state index contributed by atoms with van der Waals surface area (Å²) in [6.07, 6.45) is 2.04. The summed E-state index contributed by atoms with van der Waals surface area (Å²) >= 11 is 0. The van der Waals surface area contributed by atoms with Crippen LogP contribution in [-0.2, 0) is 0 Å². The Morgan fingerprint density at radius 2 is 1.55 bits per heavy atom. The van der Waals surface area contributed by atoms with Crippen molar-refractivity contribution in [3.8, 4) is 0 Å². The van der Waals surface area contributed by atoms with E-state index in [0.717, 1.165) is 12.8 Å². The van der Waals surface area contributed by atoms with Gasteiger partial charge in [0.25, 0.3) is 0 Å². The zero-order chi connectivity index (χ0) is 8.62. The Balaban J connectivity index is -0.000000107. The molecule has 0 aliphatic heterocycles. The topological polar surface area (TPSA) is 43.3 Å². The van der Waals surface area contributed by atoms with Gasteiger partial charge < -0.3 is 10.2 Å².